The maximum Gasteiger partial charge on any atom is 0.351 e. The van der Waals surface area contributed by atoms with E-state index in [9.17, 15) is 28.6 Å². The molecule has 42 heavy (non-hydrogen) atoms. The van der Waals surface area contributed by atoms with Gasteiger partial charge in [0.2, 0.25) is 0 Å². The smallest absolute Gasteiger partial charge is 0.351 e. The average Bonchev–Trinajstić information content (AvgIpc) is 3.18. The molecular formula is C26H31F2N4O8PS. The monoisotopic (exact) mass is 628 g/mol. The number of halogens is 2. The molecule has 0 radical (unpaired) electrons. The number of nitrogens with two attached hydrogens (primary N) is 1. The highest BCUT2D eigenvalue weighted by Gasteiger charge is 2.61. The van der Waals surface area contributed by atoms with Crippen LogP contribution < -0.4 is 21.0 Å². The Hall–Kier alpha value is -3.04. The molecule has 1 unspecified atom stereocenters. The fourth-order valence-corrected chi connectivity index (χ4v) is 6.74. The van der Waals surface area contributed by atoms with Crippen molar-refractivity contribution in [2.24, 2.45) is 0 Å². The number of fused-ring (bicyclic) bond motifs is 1. The topological polar surface area (TPSA) is 167 Å². The number of hydrogen-bond acceptors (Lipinski definition) is 11. The summed E-state index contributed by atoms with van der Waals surface area (Å²) in [5.74, 6) is -0.601. The lowest BCUT2D eigenvalue weighted by Gasteiger charge is -2.34. The molecule has 2 aromatic carbocycles. The summed E-state index contributed by atoms with van der Waals surface area (Å²) in [6.07, 6.45) is -8.79. The van der Waals surface area contributed by atoms with Crippen molar-refractivity contribution in [1.29, 1.82) is 0 Å². The van der Waals surface area contributed by atoms with Crippen molar-refractivity contribution in [2.45, 2.75) is 63.4 Å². The number of aromatic nitrogens is 2. The van der Waals surface area contributed by atoms with Gasteiger partial charge >= 0.3 is 18.3 Å². The van der Waals surface area contributed by atoms with Crippen LogP contribution in [0.25, 0.3) is 10.8 Å². The van der Waals surface area contributed by atoms with Crippen molar-refractivity contribution < 1.29 is 42.3 Å². The van der Waals surface area contributed by atoms with Gasteiger partial charge in [0, 0.05) is 11.6 Å². The first-order valence-corrected chi connectivity index (χ1v) is 15.5. The number of hydrogen-bond donors (Lipinski definition) is 4. The van der Waals surface area contributed by atoms with Crippen molar-refractivity contribution in [1.82, 2.24) is 14.6 Å². The lowest BCUT2D eigenvalue weighted by Crippen LogP contribution is -2.53. The van der Waals surface area contributed by atoms with E-state index in [0.717, 1.165) is 16.2 Å². The van der Waals surface area contributed by atoms with Crippen LogP contribution in [0.1, 0.15) is 27.0 Å². The molecule has 0 spiro atoms. The van der Waals surface area contributed by atoms with Crippen molar-refractivity contribution >= 4 is 41.0 Å². The van der Waals surface area contributed by atoms with Crippen LogP contribution in [0.5, 0.6) is 5.75 Å². The van der Waals surface area contributed by atoms with Crippen LogP contribution in [-0.2, 0) is 30.6 Å². The molecule has 2 heterocycles. The van der Waals surface area contributed by atoms with Crippen molar-refractivity contribution in [3.8, 4) is 5.75 Å². The molecule has 228 valence electrons. The molecule has 16 heteroatoms. The largest absolute Gasteiger partial charge is 0.462 e. The highest BCUT2D eigenvalue weighted by atomic mass is 32.5. The summed E-state index contributed by atoms with van der Waals surface area (Å²) < 4.78 is 52.6. The average molecular weight is 629 g/mol. The van der Waals surface area contributed by atoms with Gasteiger partial charge in [0.05, 0.1) is 12.7 Å². The Morgan fingerprint density at radius 2 is 1.90 bits per heavy atom. The van der Waals surface area contributed by atoms with Gasteiger partial charge in [0.25, 0.3) is 6.43 Å². The fraction of sp³-hybridized carbons (Fsp3) is 0.423. The number of carbonyl (C=O) groups excluding carboxylic acids is 1. The number of aliphatic hydroxyl groups is 2. The van der Waals surface area contributed by atoms with Crippen LogP contribution >= 0.6 is 6.64 Å². The Morgan fingerprint density at radius 3 is 2.57 bits per heavy atom. The summed E-state index contributed by atoms with van der Waals surface area (Å²) in [5, 5.41) is 25.6. The van der Waals surface area contributed by atoms with E-state index in [-0.39, 0.29) is 11.6 Å². The van der Waals surface area contributed by atoms with Gasteiger partial charge in [0.15, 0.2) is 11.8 Å². The minimum atomic E-state index is -3.91. The van der Waals surface area contributed by atoms with Gasteiger partial charge in [-0.05, 0) is 50.1 Å². The number of alkyl halides is 2. The molecule has 4 rings (SSSR count). The van der Waals surface area contributed by atoms with Gasteiger partial charge in [-0.25, -0.2) is 18.7 Å². The number of nitrogens with zero attached hydrogens (tertiary/aromatic N) is 2. The third kappa shape index (κ3) is 6.62. The second-order valence-corrected chi connectivity index (χ2v) is 13.1. The molecule has 0 amide bonds. The van der Waals surface area contributed by atoms with E-state index < -0.39 is 67.5 Å². The Balaban J connectivity index is 1.67. The standard InChI is InChI=1S/C26H31F2N4O8PS/c1-14(2)38-23(35)15(3)31-41(42,40-18-10-6-8-16-7-4-5-9-17(16)18)37-13-26(24(27)28)21(34)20(33)22(39-26)32-12-11-19(29)30-25(32)36/h4-12,14-15,20-22,24,33-34H,13H2,1-3H3,(H,31,42)(H2,29,30,36)/t15-,20+,21+,22+,26+,41?/m0/s1. The molecule has 1 aliphatic rings. The minimum absolute atomic E-state index is 0.143. The first-order chi connectivity index (χ1) is 19.8. The maximum absolute atomic E-state index is 14.7. The maximum atomic E-state index is 14.7. The predicted molar refractivity (Wildman–Crippen MR) is 152 cm³/mol. The van der Waals surface area contributed by atoms with E-state index >= 15 is 0 Å². The number of nitrogen functional groups attached to an aromatic ring is 1. The molecule has 1 aromatic heterocycles. The summed E-state index contributed by atoms with van der Waals surface area (Å²) in [4.78, 5) is 28.4. The molecule has 0 bridgehead atoms. The number of carbonyl (C=O) groups is 1. The van der Waals surface area contributed by atoms with E-state index in [2.05, 4.69) is 10.1 Å². The van der Waals surface area contributed by atoms with Gasteiger partial charge in [-0.2, -0.15) is 4.98 Å². The van der Waals surface area contributed by atoms with E-state index in [0.29, 0.717) is 5.39 Å². The number of esters is 1. The Bertz CT molecular complexity index is 1540. The number of ether oxygens (including phenoxy) is 2. The molecule has 12 nitrogen and oxygen atoms in total. The molecular weight excluding hydrogens is 597 g/mol. The van der Waals surface area contributed by atoms with Gasteiger partial charge < -0.3 is 34.5 Å². The number of aliphatic hydroxyl groups excluding tert-OH is 2. The third-order valence-corrected chi connectivity index (χ3v) is 8.90. The van der Waals surface area contributed by atoms with Crippen molar-refractivity contribution in [2.75, 3.05) is 12.3 Å². The first kappa shape index (κ1) is 31.9. The molecule has 3 aromatic rings. The normalized spacial score (nSPS) is 24.5. The van der Waals surface area contributed by atoms with E-state index in [4.69, 9.17) is 36.1 Å². The van der Waals surface area contributed by atoms with Gasteiger partial charge in [-0.3, -0.25) is 9.36 Å². The molecule has 0 saturated carbocycles. The summed E-state index contributed by atoms with van der Waals surface area (Å²) >= 11 is 5.68. The van der Waals surface area contributed by atoms with E-state index in [1.165, 1.54) is 13.0 Å². The van der Waals surface area contributed by atoms with Crippen LogP contribution in [0, 0.1) is 0 Å². The molecule has 5 N–H and O–H groups in total. The van der Waals surface area contributed by atoms with Crippen LogP contribution in [-0.4, -0.2) is 68.7 Å². The lowest BCUT2D eigenvalue weighted by atomic mass is 9.96. The highest BCUT2D eigenvalue weighted by molar-refractivity contribution is 8.09. The summed E-state index contributed by atoms with van der Waals surface area (Å²) in [6.45, 7) is -0.269. The van der Waals surface area contributed by atoms with Crippen molar-refractivity contribution in [3.05, 3.63) is 65.2 Å². The molecule has 1 fully saturated rings. The van der Waals surface area contributed by atoms with Crippen LogP contribution in [0.15, 0.2) is 59.5 Å². The summed E-state index contributed by atoms with van der Waals surface area (Å²) in [7, 11) is 0. The quantitative estimate of drug-likeness (QED) is 0.181. The minimum Gasteiger partial charge on any atom is -0.462 e. The zero-order chi connectivity index (χ0) is 30.8. The van der Waals surface area contributed by atoms with E-state index in [1.807, 2.05) is 18.2 Å². The van der Waals surface area contributed by atoms with Gasteiger partial charge in [-0.1, -0.05) is 36.4 Å². The van der Waals surface area contributed by atoms with Crippen LogP contribution in [0.4, 0.5) is 14.6 Å². The Kier molecular flexibility index (Phi) is 9.62. The second-order valence-electron chi connectivity index (χ2n) is 9.92. The first-order valence-electron chi connectivity index (χ1n) is 12.8. The predicted octanol–water partition coefficient (Wildman–Crippen LogP) is 2.48. The third-order valence-electron chi connectivity index (χ3n) is 6.44. The summed E-state index contributed by atoms with van der Waals surface area (Å²) in [6, 6.07) is 12.4. The molecule has 1 saturated heterocycles. The second kappa shape index (κ2) is 12.7. The van der Waals surface area contributed by atoms with Crippen LogP contribution in [0.3, 0.4) is 0 Å². The number of benzene rings is 2. The zero-order valence-corrected chi connectivity index (χ0v) is 24.5. The van der Waals surface area contributed by atoms with E-state index in [1.54, 1.807) is 38.1 Å². The molecule has 1 aliphatic heterocycles. The lowest BCUT2D eigenvalue weighted by molar-refractivity contribution is -0.192. The fourth-order valence-electron chi connectivity index (χ4n) is 4.32. The highest BCUT2D eigenvalue weighted by Crippen LogP contribution is 2.50. The molecule has 6 atom stereocenters. The zero-order valence-electron chi connectivity index (χ0n) is 22.8. The summed E-state index contributed by atoms with van der Waals surface area (Å²) in [5.41, 5.74) is 1.63. The van der Waals surface area contributed by atoms with Crippen LogP contribution in [0.2, 0.25) is 0 Å². The molecule has 0 aliphatic carbocycles. The number of rotatable bonds is 11. The van der Waals surface area contributed by atoms with Gasteiger partial charge in [-0.15, -0.1) is 0 Å². The number of nitrogens with one attached hydrogen (secondary N) is 1. The van der Waals surface area contributed by atoms with Crippen molar-refractivity contribution in [3.63, 3.8) is 0 Å². The SMILES string of the molecule is CC(C)OC(=O)[C@H](C)NP(=S)(OC[C@@]1(C(F)F)O[C@@H](n2ccc(N)nc2=O)[C@H](O)[C@H]1O)Oc1cccc2ccccc12. The Morgan fingerprint density at radius 1 is 1.21 bits per heavy atom. The Labute approximate surface area is 244 Å². The van der Waals surface area contributed by atoms with Gasteiger partial charge in [0.1, 0.15) is 29.8 Å². The number of anilines is 1.